The van der Waals surface area contributed by atoms with Crippen LogP contribution in [0.15, 0.2) is 36.4 Å². The maximum Gasteiger partial charge on any atom is 0.253 e. The Hall–Kier alpha value is -1.87. The molecule has 10 heteroatoms. The summed E-state index contributed by atoms with van der Waals surface area (Å²) < 4.78 is 26.5. The quantitative estimate of drug-likeness (QED) is 0.566. The first-order valence-electron chi connectivity index (χ1n) is 9.32. The van der Waals surface area contributed by atoms with Crippen molar-refractivity contribution in [2.24, 2.45) is 0 Å². The number of piperidine rings is 1. The van der Waals surface area contributed by atoms with Gasteiger partial charge in [0.2, 0.25) is 10.0 Å². The number of benzene rings is 2. The summed E-state index contributed by atoms with van der Waals surface area (Å²) in [6.45, 7) is 1.22. The Balaban J connectivity index is 1.46. The van der Waals surface area contributed by atoms with Gasteiger partial charge in [-0.15, -0.1) is 11.3 Å². The van der Waals surface area contributed by atoms with Crippen LogP contribution in [0, 0.1) is 0 Å². The molecular formula is C20H19Cl2N3O3S2. The maximum atomic E-state index is 12.9. The van der Waals surface area contributed by atoms with Crippen molar-refractivity contribution in [1.82, 2.24) is 9.88 Å². The van der Waals surface area contributed by atoms with Crippen molar-refractivity contribution in [2.45, 2.75) is 18.8 Å². The highest BCUT2D eigenvalue weighted by Crippen LogP contribution is 2.35. The van der Waals surface area contributed by atoms with Crippen molar-refractivity contribution >= 4 is 66.4 Å². The first kappa shape index (κ1) is 21.4. The van der Waals surface area contributed by atoms with Gasteiger partial charge in [0.25, 0.3) is 5.91 Å². The van der Waals surface area contributed by atoms with Gasteiger partial charge in [-0.25, -0.2) is 13.4 Å². The summed E-state index contributed by atoms with van der Waals surface area (Å²) in [4.78, 5) is 19.4. The van der Waals surface area contributed by atoms with E-state index in [2.05, 4.69) is 4.72 Å². The Labute approximate surface area is 188 Å². The van der Waals surface area contributed by atoms with Gasteiger partial charge < -0.3 is 4.90 Å². The third kappa shape index (κ3) is 4.72. The van der Waals surface area contributed by atoms with E-state index in [1.807, 2.05) is 18.2 Å². The van der Waals surface area contributed by atoms with Gasteiger partial charge in [-0.1, -0.05) is 23.2 Å². The molecule has 1 aliphatic rings. The molecule has 4 rings (SSSR count). The average Bonchev–Trinajstić information content (AvgIpc) is 3.11. The third-order valence-corrected chi connectivity index (χ3v) is 7.36. The lowest BCUT2D eigenvalue weighted by molar-refractivity contribution is 0.0713. The van der Waals surface area contributed by atoms with E-state index in [4.69, 9.17) is 28.2 Å². The van der Waals surface area contributed by atoms with Crippen molar-refractivity contribution < 1.29 is 13.2 Å². The lowest BCUT2D eigenvalue weighted by Gasteiger charge is -2.31. The number of halogens is 2. The predicted molar refractivity (Wildman–Crippen MR) is 122 cm³/mol. The van der Waals surface area contributed by atoms with Crippen molar-refractivity contribution in [3.05, 3.63) is 57.0 Å². The van der Waals surface area contributed by atoms with Crippen molar-refractivity contribution in [3.8, 4) is 0 Å². The third-order valence-electron chi connectivity index (χ3n) is 5.01. The van der Waals surface area contributed by atoms with Gasteiger partial charge in [-0.2, -0.15) is 0 Å². The first-order chi connectivity index (χ1) is 14.2. The molecule has 1 fully saturated rings. The Morgan fingerprint density at radius 2 is 1.90 bits per heavy atom. The fraction of sp³-hybridized carbons (Fsp3) is 0.300. The van der Waals surface area contributed by atoms with E-state index in [0.717, 1.165) is 34.3 Å². The number of likely N-dealkylation sites (tertiary alicyclic amines) is 1. The number of carbonyl (C=O) groups is 1. The van der Waals surface area contributed by atoms with Gasteiger partial charge in [0.05, 0.1) is 32.2 Å². The number of anilines is 1. The van der Waals surface area contributed by atoms with E-state index in [9.17, 15) is 13.2 Å². The van der Waals surface area contributed by atoms with Gasteiger partial charge in [0.1, 0.15) is 0 Å². The highest BCUT2D eigenvalue weighted by Gasteiger charge is 2.27. The van der Waals surface area contributed by atoms with Gasteiger partial charge in [-0.3, -0.25) is 9.52 Å². The lowest BCUT2D eigenvalue weighted by atomic mass is 9.97. The second-order valence-corrected chi connectivity index (χ2v) is 11.0. The standard InChI is InChI=1S/C20H19Cl2N3O3S2/c1-30(27,28)24-16-10-13(2-4-15(16)22)20(26)25-8-6-12(7-9-25)19-23-17-11-14(21)3-5-18(17)29-19/h2-5,10-12,24H,6-9H2,1H3. The maximum absolute atomic E-state index is 12.9. The number of carbonyl (C=O) groups excluding carboxylic acids is 1. The molecule has 6 nitrogen and oxygen atoms in total. The van der Waals surface area contributed by atoms with E-state index < -0.39 is 10.0 Å². The second-order valence-electron chi connectivity index (χ2n) is 7.30. The minimum absolute atomic E-state index is 0.141. The molecule has 0 bridgehead atoms. The smallest absolute Gasteiger partial charge is 0.253 e. The summed E-state index contributed by atoms with van der Waals surface area (Å²) in [5.74, 6) is 0.163. The largest absolute Gasteiger partial charge is 0.339 e. The number of hydrogen-bond acceptors (Lipinski definition) is 5. The number of thiazole rings is 1. The van der Waals surface area contributed by atoms with E-state index in [-0.39, 0.29) is 16.6 Å². The van der Waals surface area contributed by atoms with Crippen molar-refractivity contribution in [3.63, 3.8) is 0 Å². The molecule has 0 saturated carbocycles. The predicted octanol–water partition coefficient (Wildman–Crippen LogP) is 4.99. The number of sulfonamides is 1. The molecule has 2 aromatic carbocycles. The highest BCUT2D eigenvalue weighted by molar-refractivity contribution is 7.92. The summed E-state index contributed by atoms with van der Waals surface area (Å²) in [6, 6.07) is 10.3. The molecule has 30 heavy (non-hydrogen) atoms. The fourth-order valence-corrected chi connectivity index (χ4v) is 5.61. The van der Waals surface area contributed by atoms with Crippen LogP contribution < -0.4 is 4.72 Å². The summed E-state index contributed by atoms with van der Waals surface area (Å²) in [5.41, 5.74) is 1.51. The molecule has 0 aliphatic carbocycles. The van der Waals surface area contributed by atoms with Crippen LogP contribution in [0.1, 0.15) is 34.1 Å². The number of nitrogens with zero attached hydrogens (tertiary/aromatic N) is 2. The normalized spacial score (nSPS) is 15.5. The zero-order chi connectivity index (χ0) is 21.5. The van der Waals surface area contributed by atoms with Crippen molar-refractivity contribution in [1.29, 1.82) is 0 Å². The highest BCUT2D eigenvalue weighted by atomic mass is 35.5. The summed E-state index contributed by atoms with van der Waals surface area (Å²) in [5, 5.41) is 1.99. The van der Waals surface area contributed by atoms with Crippen LogP contribution >= 0.6 is 34.5 Å². The summed E-state index contributed by atoms with van der Waals surface area (Å²) in [7, 11) is -3.49. The van der Waals surface area contributed by atoms with E-state index >= 15 is 0 Å². The molecule has 0 radical (unpaired) electrons. The van der Waals surface area contributed by atoms with Crippen LogP contribution in [-0.4, -0.2) is 43.6 Å². The molecule has 1 saturated heterocycles. The van der Waals surface area contributed by atoms with Crippen LogP contribution in [0.3, 0.4) is 0 Å². The summed E-state index contributed by atoms with van der Waals surface area (Å²) in [6.07, 6.45) is 2.68. The zero-order valence-electron chi connectivity index (χ0n) is 16.1. The van der Waals surface area contributed by atoms with Gasteiger partial charge in [0, 0.05) is 29.6 Å². The van der Waals surface area contributed by atoms with Crippen LogP contribution in [0.2, 0.25) is 10.0 Å². The van der Waals surface area contributed by atoms with E-state index in [1.165, 1.54) is 12.1 Å². The van der Waals surface area contributed by atoms with Gasteiger partial charge >= 0.3 is 0 Å². The SMILES string of the molecule is CS(=O)(=O)Nc1cc(C(=O)N2CCC(c3nc4cc(Cl)ccc4s3)CC2)ccc1Cl. The second kappa shape index (κ2) is 8.34. The average molecular weight is 484 g/mol. The monoisotopic (exact) mass is 483 g/mol. The molecule has 1 N–H and O–H groups in total. The minimum atomic E-state index is -3.49. The Morgan fingerprint density at radius 3 is 2.60 bits per heavy atom. The number of amides is 1. The fourth-order valence-electron chi connectivity index (χ4n) is 3.54. The Bertz CT molecular complexity index is 1220. The molecule has 0 spiro atoms. The number of hydrogen-bond donors (Lipinski definition) is 1. The molecule has 3 aromatic rings. The van der Waals surface area contributed by atoms with Crippen LogP contribution in [0.4, 0.5) is 5.69 Å². The first-order valence-corrected chi connectivity index (χ1v) is 12.8. The molecule has 0 unspecified atom stereocenters. The molecule has 1 aromatic heterocycles. The zero-order valence-corrected chi connectivity index (χ0v) is 19.2. The minimum Gasteiger partial charge on any atom is -0.339 e. The van der Waals surface area contributed by atoms with E-state index in [0.29, 0.717) is 29.6 Å². The Morgan fingerprint density at radius 1 is 1.17 bits per heavy atom. The number of fused-ring (bicyclic) bond motifs is 1. The van der Waals surface area contributed by atoms with Crippen LogP contribution in [0.25, 0.3) is 10.2 Å². The number of rotatable bonds is 4. The summed E-state index contributed by atoms with van der Waals surface area (Å²) >= 11 is 13.8. The number of nitrogens with one attached hydrogen (secondary N) is 1. The van der Waals surface area contributed by atoms with Crippen LogP contribution in [-0.2, 0) is 10.0 Å². The number of aromatic nitrogens is 1. The van der Waals surface area contributed by atoms with Gasteiger partial charge in [0.15, 0.2) is 0 Å². The van der Waals surface area contributed by atoms with Crippen molar-refractivity contribution in [2.75, 3.05) is 24.1 Å². The molecule has 158 valence electrons. The molecule has 1 amide bonds. The molecule has 1 aliphatic heterocycles. The Kier molecular flexibility index (Phi) is 5.94. The van der Waals surface area contributed by atoms with Crippen LogP contribution in [0.5, 0.6) is 0 Å². The molecular weight excluding hydrogens is 465 g/mol. The van der Waals surface area contributed by atoms with E-state index in [1.54, 1.807) is 22.3 Å². The molecule has 0 atom stereocenters. The van der Waals surface area contributed by atoms with Gasteiger partial charge in [-0.05, 0) is 49.2 Å². The lowest BCUT2D eigenvalue weighted by Crippen LogP contribution is -2.37. The topological polar surface area (TPSA) is 79.4 Å². The molecule has 2 heterocycles.